The summed E-state index contributed by atoms with van der Waals surface area (Å²) in [6.45, 7) is 0.141. The number of carbonyl (C=O) groups excluding carboxylic acids is 1. The van der Waals surface area contributed by atoms with Gasteiger partial charge in [0.25, 0.3) is 0 Å². The van der Waals surface area contributed by atoms with E-state index in [1.165, 1.54) is 0 Å². The molecule has 28 heavy (non-hydrogen) atoms. The minimum atomic E-state index is -0.233. The van der Waals surface area contributed by atoms with Gasteiger partial charge in [-0.25, -0.2) is 9.50 Å². The Labute approximate surface area is 160 Å². The fraction of sp³-hybridized carbons (Fsp3) is 0.158. The van der Waals surface area contributed by atoms with Gasteiger partial charge in [0.15, 0.2) is 5.65 Å². The van der Waals surface area contributed by atoms with Gasteiger partial charge >= 0.3 is 0 Å². The average Bonchev–Trinajstić information content (AvgIpc) is 3.35. The lowest BCUT2D eigenvalue weighted by atomic mass is 10.1. The third-order valence-corrected chi connectivity index (χ3v) is 4.19. The lowest BCUT2D eigenvalue weighted by molar-refractivity contribution is -0.116. The van der Waals surface area contributed by atoms with E-state index in [1.807, 2.05) is 36.5 Å². The molecule has 0 aliphatic rings. The van der Waals surface area contributed by atoms with Crippen molar-refractivity contribution in [2.45, 2.75) is 6.54 Å². The number of hydrogen-bond donors (Lipinski definition) is 1. The van der Waals surface area contributed by atoms with Gasteiger partial charge < -0.3 is 14.0 Å². The molecule has 3 heterocycles. The third-order valence-electron chi connectivity index (χ3n) is 4.19. The van der Waals surface area contributed by atoms with Crippen molar-refractivity contribution < 1.29 is 14.3 Å². The van der Waals surface area contributed by atoms with Crippen molar-refractivity contribution in [3.05, 3.63) is 55.2 Å². The molecule has 1 N–H and O–H groups in total. The Morgan fingerprint density at radius 1 is 1.18 bits per heavy atom. The predicted octanol–water partition coefficient (Wildman–Crippen LogP) is 2.25. The van der Waals surface area contributed by atoms with Gasteiger partial charge in [0, 0.05) is 29.7 Å². The average molecular weight is 378 g/mol. The highest BCUT2D eigenvalue weighted by Crippen LogP contribution is 2.33. The first-order valence-electron chi connectivity index (χ1n) is 8.50. The van der Waals surface area contributed by atoms with Crippen molar-refractivity contribution in [1.29, 1.82) is 0 Å². The Kier molecular flexibility index (Phi) is 4.63. The predicted molar refractivity (Wildman–Crippen MR) is 102 cm³/mol. The number of pyridine rings is 1. The van der Waals surface area contributed by atoms with Gasteiger partial charge in [-0.3, -0.25) is 10.1 Å². The van der Waals surface area contributed by atoms with Crippen molar-refractivity contribution in [2.75, 3.05) is 19.5 Å². The largest absolute Gasteiger partial charge is 0.497 e. The van der Waals surface area contributed by atoms with Gasteiger partial charge in [0.05, 0.1) is 20.5 Å². The second kappa shape index (κ2) is 7.39. The number of anilines is 1. The van der Waals surface area contributed by atoms with Crippen LogP contribution in [0.4, 0.5) is 5.95 Å². The summed E-state index contributed by atoms with van der Waals surface area (Å²) in [5, 5.41) is 7.04. The molecule has 9 heteroatoms. The number of aromatic nitrogens is 5. The zero-order valence-electron chi connectivity index (χ0n) is 15.4. The first kappa shape index (κ1) is 17.5. The molecule has 1 aromatic carbocycles. The number of nitrogens with one attached hydrogen (secondary N) is 1. The lowest BCUT2D eigenvalue weighted by Crippen LogP contribution is -2.18. The number of imidazole rings is 1. The summed E-state index contributed by atoms with van der Waals surface area (Å²) < 4.78 is 14.0. The zero-order chi connectivity index (χ0) is 19.5. The Morgan fingerprint density at radius 2 is 2.07 bits per heavy atom. The normalized spacial score (nSPS) is 10.8. The Hall–Kier alpha value is -3.88. The molecule has 0 spiro atoms. The molecule has 142 valence electrons. The van der Waals surface area contributed by atoms with Gasteiger partial charge in [-0.05, 0) is 30.3 Å². The fourth-order valence-corrected chi connectivity index (χ4v) is 2.85. The SMILES string of the molecule is COc1ccc(OC)c(-c2ccc3nc(NC(=O)Cn4ccnc4)nn3c2)c1. The molecule has 4 rings (SSSR count). The van der Waals surface area contributed by atoms with Crippen molar-refractivity contribution in [3.8, 4) is 22.6 Å². The van der Waals surface area contributed by atoms with Crippen LogP contribution in [0, 0.1) is 0 Å². The molecular weight excluding hydrogens is 360 g/mol. The highest BCUT2D eigenvalue weighted by atomic mass is 16.5. The molecule has 0 radical (unpaired) electrons. The number of ether oxygens (including phenoxy) is 2. The van der Waals surface area contributed by atoms with Crippen LogP contribution in [0.15, 0.2) is 55.2 Å². The van der Waals surface area contributed by atoms with Crippen LogP contribution in [0.1, 0.15) is 0 Å². The summed E-state index contributed by atoms with van der Waals surface area (Å²) in [6.07, 6.45) is 6.73. The van der Waals surface area contributed by atoms with Crippen molar-refractivity contribution >= 4 is 17.5 Å². The summed E-state index contributed by atoms with van der Waals surface area (Å²) in [6, 6.07) is 9.32. The Morgan fingerprint density at radius 3 is 2.82 bits per heavy atom. The first-order valence-corrected chi connectivity index (χ1v) is 8.50. The number of methoxy groups -OCH3 is 2. The van der Waals surface area contributed by atoms with E-state index in [1.54, 1.807) is 42.0 Å². The molecule has 0 fully saturated rings. The van der Waals surface area contributed by atoms with Crippen LogP contribution in [-0.4, -0.2) is 44.3 Å². The van der Waals surface area contributed by atoms with Crippen LogP contribution in [0.5, 0.6) is 11.5 Å². The van der Waals surface area contributed by atoms with Crippen molar-refractivity contribution in [1.82, 2.24) is 24.1 Å². The van der Waals surface area contributed by atoms with E-state index in [4.69, 9.17) is 9.47 Å². The monoisotopic (exact) mass is 378 g/mol. The summed E-state index contributed by atoms with van der Waals surface area (Å²) in [7, 11) is 3.23. The maximum atomic E-state index is 12.1. The zero-order valence-corrected chi connectivity index (χ0v) is 15.4. The Bertz CT molecular complexity index is 1120. The van der Waals surface area contributed by atoms with Crippen molar-refractivity contribution in [3.63, 3.8) is 0 Å². The standard InChI is InChI=1S/C19H18N6O3/c1-27-14-4-5-16(28-2)15(9-14)13-3-6-17-21-19(23-25(17)10-13)22-18(26)11-24-8-7-20-12-24/h3-10,12H,11H2,1-2H3,(H,22,23,26). The van der Waals surface area contributed by atoms with Gasteiger partial charge in [-0.2, -0.15) is 4.98 Å². The molecule has 0 atom stereocenters. The quantitative estimate of drug-likeness (QED) is 0.553. The molecular formula is C19H18N6O3. The maximum Gasteiger partial charge on any atom is 0.249 e. The summed E-state index contributed by atoms with van der Waals surface area (Å²) in [5.74, 6) is 1.44. The second-order valence-corrected chi connectivity index (χ2v) is 6.01. The minimum absolute atomic E-state index is 0.141. The van der Waals surface area contributed by atoms with E-state index in [9.17, 15) is 4.79 Å². The molecule has 1 amide bonds. The Balaban J connectivity index is 1.61. The smallest absolute Gasteiger partial charge is 0.249 e. The molecule has 0 saturated carbocycles. The highest BCUT2D eigenvalue weighted by molar-refractivity contribution is 5.89. The number of rotatable bonds is 6. The fourth-order valence-electron chi connectivity index (χ4n) is 2.85. The van der Waals surface area contributed by atoms with Gasteiger partial charge in [0.1, 0.15) is 18.0 Å². The third kappa shape index (κ3) is 3.50. The maximum absolute atomic E-state index is 12.1. The molecule has 4 aromatic rings. The minimum Gasteiger partial charge on any atom is -0.497 e. The van der Waals surface area contributed by atoms with E-state index in [2.05, 4.69) is 20.4 Å². The van der Waals surface area contributed by atoms with E-state index in [-0.39, 0.29) is 18.4 Å². The van der Waals surface area contributed by atoms with E-state index in [0.29, 0.717) is 11.4 Å². The van der Waals surface area contributed by atoms with Crippen molar-refractivity contribution in [2.24, 2.45) is 0 Å². The number of carbonyl (C=O) groups is 1. The molecule has 0 aliphatic carbocycles. The van der Waals surface area contributed by atoms with Crippen LogP contribution in [0.2, 0.25) is 0 Å². The molecule has 0 aliphatic heterocycles. The first-order chi connectivity index (χ1) is 13.7. The number of amides is 1. The highest BCUT2D eigenvalue weighted by Gasteiger charge is 2.12. The van der Waals surface area contributed by atoms with Crippen LogP contribution in [-0.2, 0) is 11.3 Å². The van der Waals surface area contributed by atoms with E-state index in [0.717, 1.165) is 16.9 Å². The van der Waals surface area contributed by atoms with Crippen LogP contribution >= 0.6 is 0 Å². The van der Waals surface area contributed by atoms with Crippen LogP contribution < -0.4 is 14.8 Å². The van der Waals surface area contributed by atoms with Crippen LogP contribution in [0.25, 0.3) is 16.8 Å². The molecule has 3 aromatic heterocycles. The van der Waals surface area contributed by atoms with Gasteiger partial charge in [-0.15, -0.1) is 5.10 Å². The van der Waals surface area contributed by atoms with Crippen LogP contribution in [0.3, 0.4) is 0 Å². The number of nitrogens with zero attached hydrogens (tertiary/aromatic N) is 5. The molecule has 0 saturated heterocycles. The van der Waals surface area contributed by atoms with Gasteiger partial charge in [0.2, 0.25) is 11.9 Å². The number of hydrogen-bond acceptors (Lipinski definition) is 6. The number of benzene rings is 1. The lowest BCUT2D eigenvalue weighted by Gasteiger charge is -2.10. The topological polar surface area (TPSA) is 95.6 Å². The summed E-state index contributed by atoms with van der Waals surface area (Å²) in [5.41, 5.74) is 2.36. The molecule has 0 bridgehead atoms. The molecule has 9 nitrogen and oxygen atoms in total. The van der Waals surface area contributed by atoms with Gasteiger partial charge in [-0.1, -0.05) is 0 Å². The number of fused-ring (bicyclic) bond motifs is 1. The van der Waals surface area contributed by atoms with E-state index >= 15 is 0 Å². The second-order valence-electron chi connectivity index (χ2n) is 6.01. The summed E-state index contributed by atoms with van der Waals surface area (Å²) in [4.78, 5) is 20.4. The molecule has 0 unspecified atom stereocenters. The van der Waals surface area contributed by atoms with E-state index < -0.39 is 0 Å². The summed E-state index contributed by atoms with van der Waals surface area (Å²) >= 11 is 0.